The Kier molecular flexibility index (Phi) is 4.38. The van der Waals surface area contributed by atoms with E-state index in [-0.39, 0.29) is 11.9 Å². The third-order valence-corrected chi connectivity index (χ3v) is 8.40. The van der Waals surface area contributed by atoms with Gasteiger partial charge in [-0.25, -0.2) is 0 Å². The fraction of sp³-hybridized carbons (Fsp3) is 0.565. The Balaban J connectivity index is 1.29. The molecule has 2 bridgehead atoms. The lowest BCUT2D eigenvalue weighted by molar-refractivity contribution is 0.00131. The number of nitrogens with one attached hydrogen (secondary N) is 1. The van der Waals surface area contributed by atoms with E-state index in [1.54, 1.807) is 11.3 Å². The quantitative estimate of drug-likeness (QED) is 0.759. The maximum absolute atomic E-state index is 13.5. The zero-order chi connectivity index (χ0) is 19.4. The maximum atomic E-state index is 13.5. The van der Waals surface area contributed by atoms with Crippen molar-refractivity contribution in [1.29, 1.82) is 0 Å². The number of piperidine rings is 3. The van der Waals surface area contributed by atoms with Crippen molar-refractivity contribution in [2.75, 3.05) is 19.6 Å². The van der Waals surface area contributed by atoms with Crippen LogP contribution >= 0.6 is 11.3 Å². The van der Waals surface area contributed by atoms with E-state index in [9.17, 15) is 4.79 Å². The van der Waals surface area contributed by atoms with Crippen LogP contribution in [0.15, 0.2) is 35.2 Å². The van der Waals surface area contributed by atoms with Gasteiger partial charge in [0.1, 0.15) is 0 Å². The molecule has 5 heterocycles. The summed E-state index contributed by atoms with van der Waals surface area (Å²) in [6, 6.07) is 7.04. The van der Waals surface area contributed by atoms with Gasteiger partial charge >= 0.3 is 0 Å². The minimum atomic E-state index is 0.0962. The molecular formula is C23H28N4OS. The number of carbonyl (C=O) groups is 1. The number of rotatable bonds is 2. The Bertz CT molecular complexity index is 933. The fourth-order valence-electron chi connectivity index (χ4n) is 6.34. The highest BCUT2D eigenvalue weighted by Gasteiger charge is 2.47. The van der Waals surface area contributed by atoms with E-state index in [4.69, 9.17) is 0 Å². The summed E-state index contributed by atoms with van der Waals surface area (Å²) in [4.78, 5) is 19.5. The van der Waals surface area contributed by atoms with Crippen molar-refractivity contribution in [3.05, 3.63) is 40.9 Å². The van der Waals surface area contributed by atoms with Crippen molar-refractivity contribution in [3.63, 3.8) is 0 Å². The summed E-state index contributed by atoms with van der Waals surface area (Å²) in [6.07, 6.45) is 10.1. The minimum absolute atomic E-state index is 0.0962. The topological polar surface area (TPSA) is 52.2 Å². The average Bonchev–Trinajstić information content (AvgIpc) is 3.45. The molecule has 2 unspecified atom stereocenters. The largest absolute Gasteiger partial charge is 0.330 e. The maximum Gasteiger partial charge on any atom is 0.274 e. The molecule has 29 heavy (non-hydrogen) atoms. The third-order valence-electron chi connectivity index (χ3n) is 7.50. The second-order valence-corrected chi connectivity index (χ2v) is 10.1. The lowest BCUT2D eigenvalue weighted by Crippen LogP contribution is -2.60. The fourth-order valence-corrected chi connectivity index (χ4v) is 7.03. The summed E-state index contributed by atoms with van der Waals surface area (Å²) in [5, 5.41) is 9.51. The molecule has 3 aliphatic heterocycles. The monoisotopic (exact) mass is 408 g/mol. The molecule has 152 valence electrons. The summed E-state index contributed by atoms with van der Waals surface area (Å²) in [5.41, 5.74) is 3.03. The molecule has 6 rings (SSSR count). The zero-order valence-electron chi connectivity index (χ0n) is 16.7. The number of likely N-dealkylation sites (tertiary alicyclic amines) is 1. The second kappa shape index (κ2) is 7.10. The van der Waals surface area contributed by atoms with Crippen molar-refractivity contribution in [2.45, 2.75) is 50.6 Å². The van der Waals surface area contributed by atoms with E-state index in [2.05, 4.69) is 37.5 Å². The number of aromatic nitrogens is 2. The van der Waals surface area contributed by atoms with Crippen LogP contribution in [0.5, 0.6) is 0 Å². The molecule has 0 saturated carbocycles. The van der Waals surface area contributed by atoms with Crippen molar-refractivity contribution in [2.24, 2.45) is 11.8 Å². The van der Waals surface area contributed by atoms with Gasteiger partial charge in [0, 0.05) is 19.1 Å². The molecule has 2 aromatic rings. The van der Waals surface area contributed by atoms with Crippen LogP contribution in [0.2, 0.25) is 0 Å². The summed E-state index contributed by atoms with van der Waals surface area (Å²) in [7, 11) is 0. The van der Waals surface area contributed by atoms with Crippen LogP contribution in [-0.2, 0) is 0 Å². The molecule has 4 aliphatic rings. The minimum Gasteiger partial charge on any atom is -0.330 e. The van der Waals surface area contributed by atoms with E-state index < -0.39 is 0 Å². The standard InChI is InChI=1S/C23H28N4OS/c28-23(19-13-18(24-25-19)21-7-4-10-29-21)27-9-3-5-15-11-16-12-17(22(15)27)14-26-8-2-1-6-20(16)26/h4,7,10-11,13,16-17,20,22H,1-3,5-6,8-9,12,14H2,(H,24,25)/t16-,17-,20?,22?/m0/s1. The lowest BCUT2D eigenvalue weighted by Gasteiger charge is -2.54. The Labute approximate surface area is 175 Å². The molecule has 1 N–H and O–H groups in total. The molecule has 3 fully saturated rings. The van der Waals surface area contributed by atoms with Crippen molar-refractivity contribution < 1.29 is 4.79 Å². The zero-order valence-corrected chi connectivity index (χ0v) is 17.5. The first-order valence-corrected chi connectivity index (χ1v) is 12.0. The van der Waals surface area contributed by atoms with Crippen LogP contribution in [0.3, 0.4) is 0 Å². The number of aromatic amines is 1. The van der Waals surface area contributed by atoms with E-state index in [0.29, 0.717) is 17.5 Å². The molecule has 2 aromatic heterocycles. The van der Waals surface area contributed by atoms with Crippen molar-refractivity contribution in [1.82, 2.24) is 20.0 Å². The first kappa shape index (κ1) is 17.9. The van der Waals surface area contributed by atoms with E-state index in [1.165, 1.54) is 37.8 Å². The number of fused-ring (bicyclic) bond motifs is 6. The smallest absolute Gasteiger partial charge is 0.274 e. The lowest BCUT2D eigenvalue weighted by atomic mass is 9.68. The Morgan fingerprint density at radius 1 is 1.24 bits per heavy atom. The summed E-state index contributed by atoms with van der Waals surface area (Å²) in [5.74, 6) is 1.37. The first-order valence-electron chi connectivity index (χ1n) is 11.1. The van der Waals surface area contributed by atoms with Crippen LogP contribution in [-0.4, -0.2) is 57.6 Å². The van der Waals surface area contributed by atoms with Gasteiger partial charge in [-0.05, 0) is 68.0 Å². The van der Waals surface area contributed by atoms with E-state index in [0.717, 1.165) is 42.5 Å². The Morgan fingerprint density at radius 2 is 2.21 bits per heavy atom. The number of carbonyl (C=O) groups excluding carboxylic acids is 1. The van der Waals surface area contributed by atoms with Crippen molar-refractivity contribution in [3.8, 4) is 10.6 Å². The Hall–Kier alpha value is -1.92. The number of amides is 1. The highest BCUT2D eigenvalue weighted by molar-refractivity contribution is 7.13. The van der Waals surface area contributed by atoms with Gasteiger partial charge in [-0.3, -0.25) is 14.8 Å². The number of thiophene rings is 1. The molecule has 0 spiro atoms. The molecule has 0 aromatic carbocycles. The van der Waals surface area contributed by atoms with Crippen molar-refractivity contribution >= 4 is 17.2 Å². The van der Waals surface area contributed by atoms with Gasteiger partial charge in [-0.2, -0.15) is 5.10 Å². The highest BCUT2D eigenvalue weighted by Crippen LogP contribution is 2.45. The van der Waals surface area contributed by atoms with Crippen LogP contribution in [0.1, 0.15) is 49.0 Å². The summed E-state index contributed by atoms with van der Waals surface area (Å²) < 4.78 is 0. The Morgan fingerprint density at radius 3 is 3.10 bits per heavy atom. The van der Waals surface area contributed by atoms with E-state index in [1.807, 2.05) is 12.1 Å². The predicted octanol–water partition coefficient (Wildman–Crippen LogP) is 4.17. The van der Waals surface area contributed by atoms with Gasteiger partial charge in [0.05, 0.1) is 16.6 Å². The van der Waals surface area contributed by atoms with E-state index >= 15 is 0 Å². The average molecular weight is 409 g/mol. The number of hydrogen-bond donors (Lipinski definition) is 1. The first-order chi connectivity index (χ1) is 14.3. The van der Waals surface area contributed by atoms with Gasteiger partial charge in [0.2, 0.25) is 0 Å². The van der Waals surface area contributed by atoms with Crippen LogP contribution < -0.4 is 0 Å². The predicted molar refractivity (Wildman–Crippen MR) is 115 cm³/mol. The summed E-state index contributed by atoms with van der Waals surface area (Å²) in [6.45, 7) is 3.26. The normalized spacial score (nSPS) is 31.7. The molecule has 6 heteroatoms. The van der Waals surface area contributed by atoms with Crippen LogP contribution in [0, 0.1) is 11.8 Å². The van der Waals surface area contributed by atoms with Crippen LogP contribution in [0.25, 0.3) is 10.6 Å². The third kappa shape index (κ3) is 2.99. The molecule has 4 atom stereocenters. The molecular weight excluding hydrogens is 380 g/mol. The van der Waals surface area contributed by atoms with Gasteiger partial charge in [-0.1, -0.05) is 24.1 Å². The molecule has 1 amide bonds. The summed E-state index contributed by atoms with van der Waals surface area (Å²) >= 11 is 1.67. The van der Waals surface area contributed by atoms with Gasteiger partial charge in [0.15, 0.2) is 5.69 Å². The number of nitrogens with zero attached hydrogens (tertiary/aromatic N) is 3. The molecule has 3 saturated heterocycles. The van der Waals surface area contributed by atoms with Gasteiger partial charge in [-0.15, -0.1) is 11.3 Å². The number of H-pyrrole nitrogens is 1. The van der Waals surface area contributed by atoms with Gasteiger partial charge < -0.3 is 4.90 Å². The number of hydrogen-bond acceptors (Lipinski definition) is 4. The SMILES string of the molecule is O=C(c1cc(-c2cccs2)[nH]n1)N1CCCC2=C[C@H]3C[C@@H](CN4CCCCC34)C21. The molecule has 0 radical (unpaired) electrons. The van der Waals surface area contributed by atoms with Gasteiger partial charge in [0.25, 0.3) is 5.91 Å². The van der Waals surface area contributed by atoms with Crippen LogP contribution in [0.4, 0.5) is 0 Å². The highest BCUT2D eigenvalue weighted by atomic mass is 32.1. The molecule has 5 nitrogen and oxygen atoms in total. The molecule has 1 aliphatic carbocycles. The second-order valence-electron chi connectivity index (χ2n) is 9.15.